The topological polar surface area (TPSA) is 120 Å². The van der Waals surface area contributed by atoms with Crippen molar-refractivity contribution in [3.63, 3.8) is 0 Å². The van der Waals surface area contributed by atoms with Crippen LogP contribution in [0.2, 0.25) is 5.02 Å². The number of aliphatic hydroxyl groups is 1. The molecule has 2 aliphatic rings. The van der Waals surface area contributed by atoms with Crippen LogP contribution < -0.4 is 4.74 Å². The molecule has 37 heavy (non-hydrogen) atoms. The molecule has 4 atom stereocenters. The van der Waals surface area contributed by atoms with Crippen molar-refractivity contribution in [2.75, 3.05) is 13.2 Å². The van der Waals surface area contributed by atoms with Crippen molar-refractivity contribution in [1.82, 2.24) is 29.9 Å². The Morgan fingerprint density at radius 2 is 1.57 bits per heavy atom. The van der Waals surface area contributed by atoms with Crippen LogP contribution in [0.25, 0.3) is 39.2 Å². The quantitative estimate of drug-likeness (QED) is 0.364. The zero-order valence-corrected chi connectivity index (χ0v) is 20.1. The van der Waals surface area contributed by atoms with Gasteiger partial charge in [-0.1, -0.05) is 48.0 Å². The fourth-order valence-corrected chi connectivity index (χ4v) is 5.06. The van der Waals surface area contributed by atoms with E-state index in [4.69, 9.17) is 25.8 Å². The van der Waals surface area contributed by atoms with Crippen LogP contribution in [0.5, 0.6) is 6.01 Å². The highest BCUT2D eigenvalue weighted by Crippen LogP contribution is 2.33. The lowest BCUT2D eigenvalue weighted by Crippen LogP contribution is -2.34. The van der Waals surface area contributed by atoms with Crippen LogP contribution in [0, 0.1) is 0 Å². The molecule has 5 aromatic rings. The number of imidazole rings is 1. The monoisotopic (exact) mass is 516 g/mol. The van der Waals surface area contributed by atoms with Crippen molar-refractivity contribution >= 4 is 22.8 Å². The molecule has 5 heterocycles. The van der Waals surface area contributed by atoms with Crippen molar-refractivity contribution in [2.24, 2.45) is 0 Å². The van der Waals surface area contributed by atoms with Crippen LogP contribution in [-0.4, -0.2) is 72.7 Å². The molecule has 11 heteroatoms. The van der Waals surface area contributed by atoms with Crippen LogP contribution in [0.4, 0.5) is 0 Å². The van der Waals surface area contributed by atoms with Gasteiger partial charge in [0.1, 0.15) is 18.3 Å². The summed E-state index contributed by atoms with van der Waals surface area (Å²) in [5.41, 5.74) is 5.68. The summed E-state index contributed by atoms with van der Waals surface area (Å²) < 4.78 is 17.2. The van der Waals surface area contributed by atoms with Gasteiger partial charge in [0.05, 0.1) is 47.5 Å². The smallest absolute Gasteiger partial charge is 0.296 e. The van der Waals surface area contributed by atoms with E-state index in [0.29, 0.717) is 34.5 Å². The molecular weight excluding hydrogens is 496 g/mol. The van der Waals surface area contributed by atoms with Gasteiger partial charge in [-0.05, 0) is 29.3 Å². The zero-order chi connectivity index (χ0) is 24.9. The Labute approximate surface area is 215 Å². The first kappa shape index (κ1) is 22.4. The number of nitrogens with zero attached hydrogens (tertiary/aromatic N) is 5. The third-order valence-electron chi connectivity index (χ3n) is 6.66. The first-order valence-electron chi connectivity index (χ1n) is 11.8. The molecule has 2 N–H and O–H groups in total. The number of nitrogens with one attached hydrogen (secondary N) is 1. The second-order valence-corrected chi connectivity index (χ2v) is 9.40. The summed E-state index contributed by atoms with van der Waals surface area (Å²) in [6.45, 7) is 0.556. The van der Waals surface area contributed by atoms with E-state index in [0.717, 1.165) is 22.4 Å². The standard InChI is InChI=1S/C26H21ClN6O4/c27-18-11-19-25(32-26(30-19)37-21-13-36-23-20(34)12-35-24(21)23)31-22(18)16-3-1-14(2-4-16)15-5-7-17(8-6-15)33-28-9-10-29-33/h1-11,20-21,23-24,34H,12-13H2,(H,30,31,32)/t20-,21-,23?,24?/m1/s1. The number of H-pyrrole nitrogens is 1. The molecule has 3 aromatic heterocycles. The molecular formula is C26H21ClN6O4. The second kappa shape index (κ2) is 8.93. The Bertz CT molecular complexity index is 1560. The predicted octanol–water partition coefficient (Wildman–Crippen LogP) is 3.43. The third-order valence-corrected chi connectivity index (χ3v) is 6.95. The van der Waals surface area contributed by atoms with Crippen LogP contribution in [0.3, 0.4) is 0 Å². The zero-order valence-electron chi connectivity index (χ0n) is 19.4. The van der Waals surface area contributed by atoms with Crippen molar-refractivity contribution in [3.05, 3.63) is 72.0 Å². The lowest BCUT2D eigenvalue weighted by atomic mass is 10.0. The lowest BCUT2D eigenvalue weighted by molar-refractivity contribution is 0.00706. The third kappa shape index (κ3) is 4.04. The van der Waals surface area contributed by atoms with E-state index < -0.39 is 6.10 Å². The Kier molecular flexibility index (Phi) is 5.40. The van der Waals surface area contributed by atoms with Crippen LogP contribution in [-0.2, 0) is 9.47 Å². The highest BCUT2D eigenvalue weighted by Gasteiger charge is 2.48. The molecule has 2 saturated heterocycles. The summed E-state index contributed by atoms with van der Waals surface area (Å²) in [5.74, 6) is 0. The lowest BCUT2D eigenvalue weighted by Gasteiger charge is -2.15. The average molecular weight is 517 g/mol. The normalized spacial score (nSPS) is 23.0. The number of halogens is 1. The summed E-state index contributed by atoms with van der Waals surface area (Å²) in [7, 11) is 0. The van der Waals surface area contributed by atoms with Gasteiger partial charge >= 0.3 is 0 Å². The number of benzene rings is 2. The maximum absolute atomic E-state index is 9.94. The molecule has 0 bridgehead atoms. The Balaban J connectivity index is 1.11. The van der Waals surface area contributed by atoms with E-state index in [9.17, 15) is 5.11 Å². The van der Waals surface area contributed by atoms with Crippen LogP contribution >= 0.6 is 11.6 Å². The number of aromatic amines is 1. The number of ether oxygens (including phenoxy) is 3. The van der Waals surface area contributed by atoms with Gasteiger partial charge in [-0.2, -0.15) is 20.0 Å². The van der Waals surface area contributed by atoms with Gasteiger partial charge < -0.3 is 24.3 Å². The van der Waals surface area contributed by atoms with Gasteiger partial charge in [-0.25, -0.2) is 4.98 Å². The van der Waals surface area contributed by atoms with E-state index in [-0.39, 0.29) is 24.9 Å². The fraction of sp³-hybridized carbons (Fsp3) is 0.231. The molecule has 0 spiro atoms. The molecule has 10 nitrogen and oxygen atoms in total. The number of aromatic nitrogens is 6. The number of rotatable bonds is 5. The van der Waals surface area contributed by atoms with Crippen LogP contribution in [0.1, 0.15) is 0 Å². The summed E-state index contributed by atoms with van der Waals surface area (Å²) in [5, 5.41) is 18.7. The summed E-state index contributed by atoms with van der Waals surface area (Å²) in [6, 6.07) is 18.2. The van der Waals surface area contributed by atoms with Crippen LogP contribution in [0.15, 0.2) is 67.0 Å². The van der Waals surface area contributed by atoms with Gasteiger partial charge in [0.15, 0.2) is 11.8 Å². The van der Waals surface area contributed by atoms with Gasteiger partial charge in [-0.15, -0.1) is 0 Å². The molecule has 0 saturated carbocycles. The van der Waals surface area contributed by atoms with Gasteiger partial charge in [0.2, 0.25) is 0 Å². The predicted molar refractivity (Wildman–Crippen MR) is 135 cm³/mol. The molecule has 0 amide bonds. The molecule has 2 aromatic carbocycles. The molecule has 2 unspecified atom stereocenters. The first-order valence-corrected chi connectivity index (χ1v) is 12.2. The minimum absolute atomic E-state index is 0.239. The van der Waals surface area contributed by atoms with E-state index in [1.54, 1.807) is 23.3 Å². The minimum atomic E-state index is -0.637. The fourth-order valence-electron chi connectivity index (χ4n) is 4.80. The SMILES string of the molecule is O[C@@H]1COC2C1OC[C@H]2Oc1nc2nc(-c3ccc(-c4ccc(-n5nccn5)cc4)cc3)c(Cl)cc2[nH]1. The molecule has 0 aliphatic carbocycles. The Morgan fingerprint density at radius 3 is 2.32 bits per heavy atom. The number of hydrogen-bond acceptors (Lipinski definition) is 8. The molecule has 7 rings (SSSR count). The van der Waals surface area contributed by atoms with Crippen molar-refractivity contribution in [3.8, 4) is 34.1 Å². The molecule has 2 fully saturated rings. The van der Waals surface area contributed by atoms with E-state index in [2.05, 4.69) is 25.1 Å². The maximum atomic E-state index is 9.94. The number of fused-ring (bicyclic) bond motifs is 2. The first-order chi connectivity index (χ1) is 18.1. The maximum Gasteiger partial charge on any atom is 0.296 e. The molecule has 0 radical (unpaired) electrons. The highest BCUT2D eigenvalue weighted by molar-refractivity contribution is 6.33. The number of aliphatic hydroxyl groups excluding tert-OH is 1. The number of pyridine rings is 1. The Hall–Kier alpha value is -3.83. The Morgan fingerprint density at radius 1 is 0.892 bits per heavy atom. The van der Waals surface area contributed by atoms with E-state index in [1.807, 2.05) is 48.5 Å². The van der Waals surface area contributed by atoms with Gasteiger partial charge in [-0.3, -0.25) is 0 Å². The largest absolute Gasteiger partial charge is 0.456 e. The van der Waals surface area contributed by atoms with E-state index >= 15 is 0 Å². The summed E-state index contributed by atoms with van der Waals surface area (Å²) in [6.07, 6.45) is 1.60. The van der Waals surface area contributed by atoms with Crippen molar-refractivity contribution in [2.45, 2.75) is 24.4 Å². The van der Waals surface area contributed by atoms with Crippen molar-refractivity contribution < 1.29 is 19.3 Å². The summed E-state index contributed by atoms with van der Waals surface area (Å²) >= 11 is 6.60. The molecule has 2 aliphatic heterocycles. The molecule has 186 valence electrons. The minimum Gasteiger partial charge on any atom is -0.456 e. The van der Waals surface area contributed by atoms with E-state index in [1.165, 1.54) is 0 Å². The number of hydrogen-bond donors (Lipinski definition) is 2. The highest BCUT2D eigenvalue weighted by atomic mass is 35.5. The summed E-state index contributed by atoms with van der Waals surface area (Å²) in [4.78, 5) is 13.9. The second-order valence-electron chi connectivity index (χ2n) is 8.99. The average Bonchev–Trinajstić information content (AvgIpc) is 3.71. The van der Waals surface area contributed by atoms with Gasteiger partial charge in [0, 0.05) is 5.56 Å². The van der Waals surface area contributed by atoms with Gasteiger partial charge in [0.25, 0.3) is 6.01 Å². The van der Waals surface area contributed by atoms with Crippen molar-refractivity contribution in [1.29, 1.82) is 0 Å².